The van der Waals surface area contributed by atoms with Crippen molar-refractivity contribution in [3.63, 3.8) is 0 Å². The van der Waals surface area contributed by atoms with Crippen LogP contribution in [0.4, 0.5) is 5.69 Å². The highest BCUT2D eigenvalue weighted by atomic mass is 32.3. The zero-order valence-corrected chi connectivity index (χ0v) is 9.17. The van der Waals surface area contributed by atoms with Gasteiger partial charge in [0.1, 0.15) is 4.90 Å². The normalized spacial score (nSPS) is 23.0. The molecule has 16 heavy (non-hydrogen) atoms. The van der Waals surface area contributed by atoms with Crippen LogP contribution in [0, 0.1) is 0 Å². The summed E-state index contributed by atoms with van der Waals surface area (Å²) < 4.78 is 48.5. The van der Waals surface area contributed by atoms with Gasteiger partial charge in [0.15, 0.2) is 0 Å². The molecule has 0 saturated heterocycles. The van der Waals surface area contributed by atoms with E-state index in [1.54, 1.807) is 0 Å². The molecular formula is C7H4N2O5S2. The summed E-state index contributed by atoms with van der Waals surface area (Å²) in [5.41, 5.74) is -0.114. The number of hydrogen-bond acceptors (Lipinski definition) is 5. The molecule has 9 heteroatoms. The third-order valence-electron chi connectivity index (χ3n) is 2.36. The maximum Gasteiger partial charge on any atom is 0.340 e. The van der Waals surface area contributed by atoms with E-state index in [4.69, 9.17) is 0 Å². The summed E-state index contributed by atoms with van der Waals surface area (Å²) in [5.74, 6) is -1.02. The maximum absolute atomic E-state index is 11.8. The highest BCUT2D eigenvalue weighted by Crippen LogP contribution is 2.40. The molecule has 2 aliphatic rings. The Bertz CT molecular complexity index is 734. The first kappa shape index (κ1) is 9.60. The van der Waals surface area contributed by atoms with E-state index >= 15 is 0 Å². The lowest BCUT2D eigenvalue weighted by Gasteiger charge is -2.19. The van der Waals surface area contributed by atoms with Gasteiger partial charge in [0.2, 0.25) is 0 Å². The lowest BCUT2D eigenvalue weighted by molar-refractivity contribution is 0.0927. The summed E-state index contributed by atoms with van der Waals surface area (Å²) in [6.45, 7) is 0. The number of hydrogen-bond donors (Lipinski definition) is 1. The van der Waals surface area contributed by atoms with Gasteiger partial charge in [0.25, 0.3) is 15.9 Å². The fourth-order valence-corrected chi connectivity index (χ4v) is 5.18. The van der Waals surface area contributed by atoms with Crippen LogP contribution in [0.15, 0.2) is 23.1 Å². The number of carbonyl (C=O) groups is 1. The minimum Gasteiger partial charge on any atom is -0.267 e. The number of anilines is 1. The minimum absolute atomic E-state index is 0.000162. The maximum atomic E-state index is 11.8. The number of fused-ring (bicyclic) bond motifs is 1. The molecule has 3 rings (SSSR count). The number of amides is 1. The predicted molar refractivity (Wildman–Crippen MR) is 52.3 cm³/mol. The standard InChI is InChI=1S/C7H4N2O5S2/c10-7-6-4-2-1-3-5(6)15(11,12)9(7)16(13,14)8-4/h1-3,8H. The van der Waals surface area contributed by atoms with Gasteiger partial charge in [-0.1, -0.05) is 6.07 Å². The van der Waals surface area contributed by atoms with E-state index in [-0.39, 0.29) is 19.9 Å². The topological polar surface area (TPSA) is 101 Å². The van der Waals surface area contributed by atoms with Crippen LogP contribution in [-0.4, -0.2) is 26.5 Å². The Morgan fingerprint density at radius 2 is 1.81 bits per heavy atom. The Labute approximate surface area is 90.9 Å². The fourth-order valence-electron chi connectivity index (χ4n) is 1.76. The molecule has 0 unspecified atom stereocenters. The van der Waals surface area contributed by atoms with Gasteiger partial charge >= 0.3 is 10.2 Å². The summed E-state index contributed by atoms with van der Waals surface area (Å²) >= 11 is 0. The lowest BCUT2D eigenvalue weighted by atomic mass is 10.2. The highest BCUT2D eigenvalue weighted by Gasteiger charge is 2.53. The van der Waals surface area contributed by atoms with E-state index < -0.39 is 26.1 Å². The van der Waals surface area contributed by atoms with E-state index in [1.807, 2.05) is 4.72 Å². The average molecular weight is 260 g/mol. The molecule has 1 aromatic rings. The second-order valence-corrected chi connectivity index (χ2v) is 6.80. The van der Waals surface area contributed by atoms with Crippen molar-refractivity contribution in [2.24, 2.45) is 0 Å². The van der Waals surface area contributed by atoms with Gasteiger partial charge in [0, 0.05) is 0 Å². The quantitative estimate of drug-likeness (QED) is 0.677. The Morgan fingerprint density at radius 1 is 1.12 bits per heavy atom. The number of rotatable bonds is 0. The Kier molecular flexibility index (Phi) is 1.43. The summed E-state index contributed by atoms with van der Waals surface area (Å²) in [7, 11) is -8.61. The Balaban J connectivity index is 2.59. The van der Waals surface area contributed by atoms with Crippen molar-refractivity contribution in [2.45, 2.75) is 4.90 Å². The second kappa shape index (κ2) is 2.38. The van der Waals surface area contributed by atoms with Gasteiger partial charge < -0.3 is 0 Å². The molecule has 2 aliphatic heterocycles. The minimum atomic E-state index is -4.35. The van der Waals surface area contributed by atoms with E-state index in [2.05, 4.69) is 0 Å². The molecule has 2 bridgehead atoms. The van der Waals surface area contributed by atoms with Crippen molar-refractivity contribution in [1.29, 1.82) is 0 Å². The van der Waals surface area contributed by atoms with Crippen molar-refractivity contribution in [1.82, 2.24) is 3.71 Å². The van der Waals surface area contributed by atoms with Gasteiger partial charge in [-0.25, -0.2) is 0 Å². The van der Waals surface area contributed by atoms with Gasteiger partial charge in [0.05, 0.1) is 11.3 Å². The first-order chi connectivity index (χ1) is 7.36. The average Bonchev–Trinajstić information content (AvgIpc) is 2.32. The summed E-state index contributed by atoms with van der Waals surface area (Å²) in [4.78, 5) is 11.4. The number of sulfonamides is 1. The molecule has 7 nitrogen and oxygen atoms in total. The van der Waals surface area contributed by atoms with Crippen LogP contribution >= 0.6 is 0 Å². The summed E-state index contributed by atoms with van der Waals surface area (Å²) in [6.07, 6.45) is 0. The highest BCUT2D eigenvalue weighted by molar-refractivity contribution is 8.06. The van der Waals surface area contributed by atoms with Crippen LogP contribution in [0.1, 0.15) is 10.4 Å². The number of nitrogens with one attached hydrogen (secondary N) is 1. The van der Waals surface area contributed by atoms with E-state index in [0.29, 0.717) is 0 Å². The Morgan fingerprint density at radius 3 is 2.50 bits per heavy atom. The van der Waals surface area contributed by atoms with Crippen molar-refractivity contribution in [2.75, 3.05) is 4.72 Å². The van der Waals surface area contributed by atoms with Crippen molar-refractivity contribution >= 4 is 31.8 Å². The first-order valence-electron chi connectivity index (χ1n) is 4.11. The lowest BCUT2D eigenvalue weighted by Crippen LogP contribution is -2.42. The molecule has 0 atom stereocenters. The molecule has 0 saturated carbocycles. The zero-order chi connectivity index (χ0) is 11.7. The fraction of sp³-hybridized carbons (Fsp3) is 0. The van der Waals surface area contributed by atoms with Crippen LogP contribution in [0.2, 0.25) is 0 Å². The summed E-state index contributed by atoms with van der Waals surface area (Å²) in [5, 5.41) is 0. The van der Waals surface area contributed by atoms with Crippen LogP contribution < -0.4 is 4.72 Å². The van der Waals surface area contributed by atoms with Gasteiger partial charge in [-0.05, 0) is 12.1 Å². The van der Waals surface area contributed by atoms with Crippen LogP contribution in [0.25, 0.3) is 0 Å². The summed E-state index contributed by atoms with van der Waals surface area (Å²) in [6, 6.07) is 3.91. The van der Waals surface area contributed by atoms with Gasteiger partial charge in [-0.3, -0.25) is 9.52 Å². The molecule has 2 heterocycles. The molecule has 84 valence electrons. The molecule has 0 fully saturated rings. The largest absolute Gasteiger partial charge is 0.340 e. The van der Waals surface area contributed by atoms with Crippen molar-refractivity contribution < 1.29 is 21.6 Å². The first-order valence-corrected chi connectivity index (χ1v) is 6.99. The molecule has 0 aromatic heterocycles. The number of nitrogens with zero attached hydrogens (tertiary/aromatic N) is 1. The monoisotopic (exact) mass is 260 g/mol. The third-order valence-corrected chi connectivity index (χ3v) is 6.12. The predicted octanol–water partition coefficient (Wildman–Crippen LogP) is -0.499. The van der Waals surface area contributed by atoms with E-state index in [0.717, 1.165) is 0 Å². The van der Waals surface area contributed by atoms with Crippen LogP contribution in [-0.2, 0) is 20.2 Å². The smallest absolute Gasteiger partial charge is 0.267 e. The van der Waals surface area contributed by atoms with Gasteiger partial charge in [-0.2, -0.15) is 16.8 Å². The van der Waals surface area contributed by atoms with E-state index in [1.165, 1.54) is 18.2 Å². The molecule has 1 amide bonds. The van der Waals surface area contributed by atoms with Gasteiger partial charge in [-0.15, -0.1) is 3.71 Å². The Hall–Kier alpha value is -1.61. The zero-order valence-electron chi connectivity index (χ0n) is 7.54. The van der Waals surface area contributed by atoms with Crippen molar-refractivity contribution in [3.8, 4) is 0 Å². The van der Waals surface area contributed by atoms with E-state index in [9.17, 15) is 21.6 Å². The number of benzene rings is 1. The molecule has 1 N–H and O–H groups in total. The second-order valence-electron chi connectivity index (χ2n) is 3.29. The SMILES string of the molecule is O=C1c2c3cccc2S(=O)(=O)N1S(=O)(=O)N3. The van der Waals surface area contributed by atoms with Crippen molar-refractivity contribution in [3.05, 3.63) is 23.8 Å². The van der Waals surface area contributed by atoms with Crippen LogP contribution in [0.5, 0.6) is 0 Å². The molecular weight excluding hydrogens is 256 g/mol. The molecule has 0 spiro atoms. The third kappa shape index (κ3) is 0.854. The molecule has 1 aromatic carbocycles. The molecule has 0 aliphatic carbocycles. The molecule has 0 radical (unpaired) electrons. The van der Waals surface area contributed by atoms with Crippen LogP contribution in [0.3, 0.4) is 0 Å². The number of carbonyl (C=O) groups excluding carboxylic acids is 1.